The van der Waals surface area contributed by atoms with E-state index < -0.39 is 23.4 Å². The second-order valence-electron chi connectivity index (χ2n) is 4.95. The quantitative estimate of drug-likeness (QED) is 0.831. The van der Waals surface area contributed by atoms with Crippen molar-refractivity contribution in [2.45, 2.75) is 5.75 Å². The highest BCUT2D eigenvalue weighted by molar-refractivity contribution is 7.99. The highest BCUT2D eigenvalue weighted by atomic mass is 32.2. The van der Waals surface area contributed by atoms with Crippen LogP contribution in [0.2, 0.25) is 0 Å². The average Bonchev–Trinajstić information content (AvgIpc) is 3.03. The fraction of sp³-hybridized carbons (Fsp3) is 0.188. The standard InChI is InChI=1S/C16H12F3NO3S/c17-10-2-3-11(16(19)15(10)18)20-14(21)7-24-6-9-1-4-12-13(5-9)23-8-22-12/h1-5H,6-8H2,(H,20,21). The third-order valence-corrected chi connectivity index (χ3v) is 4.25. The zero-order chi connectivity index (χ0) is 17.1. The number of nitrogens with one attached hydrogen (secondary N) is 1. The fourth-order valence-electron chi connectivity index (χ4n) is 2.10. The van der Waals surface area contributed by atoms with Gasteiger partial charge in [-0.1, -0.05) is 6.07 Å². The number of fused-ring (bicyclic) bond motifs is 1. The highest BCUT2D eigenvalue weighted by Gasteiger charge is 2.16. The number of ether oxygens (including phenoxy) is 2. The van der Waals surface area contributed by atoms with E-state index in [2.05, 4.69) is 5.32 Å². The van der Waals surface area contributed by atoms with E-state index in [1.54, 1.807) is 6.07 Å². The Morgan fingerprint density at radius 3 is 2.71 bits per heavy atom. The Labute approximate surface area is 140 Å². The molecule has 24 heavy (non-hydrogen) atoms. The van der Waals surface area contributed by atoms with Crippen LogP contribution in [0.1, 0.15) is 5.56 Å². The van der Waals surface area contributed by atoms with Crippen LogP contribution >= 0.6 is 11.8 Å². The van der Waals surface area contributed by atoms with E-state index in [-0.39, 0.29) is 18.2 Å². The molecule has 0 fully saturated rings. The minimum atomic E-state index is -1.61. The Bertz CT molecular complexity index is 785. The molecule has 0 unspecified atom stereocenters. The SMILES string of the molecule is O=C(CSCc1ccc2c(c1)OCO2)Nc1ccc(F)c(F)c1F. The lowest BCUT2D eigenvalue weighted by molar-refractivity contribution is -0.113. The molecular weight excluding hydrogens is 343 g/mol. The summed E-state index contributed by atoms with van der Waals surface area (Å²) in [6.45, 7) is 0.189. The Hall–Kier alpha value is -2.35. The molecular formula is C16H12F3NO3S. The van der Waals surface area contributed by atoms with Gasteiger partial charge in [0, 0.05) is 5.75 Å². The molecule has 2 aromatic carbocycles. The van der Waals surface area contributed by atoms with E-state index in [0.29, 0.717) is 17.3 Å². The van der Waals surface area contributed by atoms with Crippen molar-refractivity contribution in [1.82, 2.24) is 0 Å². The van der Waals surface area contributed by atoms with Crippen LogP contribution < -0.4 is 14.8 Å². The van der Waals surface area contributed by atoms with E-state index in [9.17, 15) is 18.0 Å². The van der Waals surface area contributed by atoms with E-state index >= 15 is 0 Å². The Balaban J connectivity index is 1.52. The van der Waals surface area contributed by atoms with Gasteiger partial charge in [-0.15, -0.1) is 11.8 Å². The molecule has 8 heteroatoms. The molecule has 0 radical (unpaired) electrons. The first-order valence-electron chi connectivity index (χ1n) is 6.94. The number of hydrogen-bond acceptors (Lipinski definition) is 4. The van der Waals surface area contributed by atoms with Crippen LogP contribution in [0.5, 0.6) is 11.5 Å². The maximum absolute atomic E-state index is 13.5. The molecule has 0 aromatic heterocycles. The zero-order valence-corrected chi connectivity index (χ0v) is 13.1. The number of amides is 1. The van der Waals surface area contributed by atoms with Crippen LogP contribution in [0.4, 0.5) is 18.9 Å². The Kier molecular flexibility index (Phi) is 4.84. The maximum atomic E-state index is 13.5. The molecule has 0 atom stereocenters. The third kappa shape index (κ3) is 3.59. The largest absolute Gasteiger partial charge is 0.454 e. The summed E-state index contributed by atoms with van der Waals surface area (Å²) in [4.78, 5) is 11.8. The normalized spacial score (nSPS) is 12.3. The number of benzene rings is 2. The van der Waals surface area contributed by atoms with Crippen molar-refractivity contribution in [3.05, 3.63) is 53.3 Å². The second-order valence-corrected chi connectivity index (χ2v) is 5.94. The molecule has 1 N–H and O–H groups in total. The molecule has 0 spiro atoms. The zero-order valence-electron chi connectivity index (χ0n) is 12.3. The smallest absolute Gasteiger partial charge is 0.234 e. The summed E-state index contributed by atoms with van der Waals surface area (Å²) in [5.74, 6) is -2.94. The lowest BCUT2D eigenvalue weighted by Crippen LogP contribution is -2.16. The highest BCUT2D eigenvalue weighted by Crippen LogP contribution is 2.33. The second kappa shape index (κ2) is 7.04. The Morgan fingerprint density at radius 1 is 1.08 bits per heavy atom. The van der Waals surface area contributed by atoms with Crippen molar-refractivity contribution in [2.75, 3.05) is 17.9 Å². The van der Waals surface area contributed by atoms with Crippen LogP contribution in [0, 0.1) is 17.5 Å². The van der Waals surface area contributed by atoms with Gasteiger partial charge in [0.15, 0.2) is 29.0 Å². The van der Waals surface area contributed by atoms with Gasteiger partial charge in [-0.2, -0.15) is 0 Å². The van der Waals surface area contributed by atoms with Gasteiger partial charge in [0.1, 0.15) is 0 Å². The van der Waals surface area contributed by atoms with Gasteiger partial charge in [-0.25, -0.2) is 13.2 Å². The number of anilines is 1. The number of carbonyl (C=O) groups excluding carboxylic acids is 1. The minimum Gasteiger partial charge on any atom is -0.454 e. The van der Waals surface area contributed by atoms with Crippen molar-refractivity contribution < 1.29 is 27.4 Å². The van der Waals surface area contributed by atoms with Crippen LogP contribution in [0.15, 0.2) is 30.3 Å². The molecule has 0 bridgehead atoms. The van der Waals surface area contributed by atoms with Gasteiger partial charge in [-0.05, 0) is 29.8 Å². The summed E-state index contributed by atoms with van der Waals surface area (Å²) in [6, 6.07) is 7.20. The number of thioether (sulfide) groups is 1. The van der Waals surface area contributed by atoms with Crippen molar-refractivity contribution in [3.63, 3.8) is 0 Å². The van der Waals surface area contributed by atoms with Gasteiger partial charge in [-0.3, -0.25) is 4.79 Å². The number of hydrogen-bond donors (Lipinski definition) is 1. The molecule has 0 saturated carbocycles. The number of halogens is 3. The summed E-state index contributed by atoms with van der Waals surface area (Å²) in [5, 5.41) is 2.22. The first-order chi connectivity index (χ1) is 11.5. The minimum absolute atomic E-state index is 0.0346. The molecule has 4 nitrogen and oxygen atoms in total. The van der Waals surface area contributed by atoms with Crippen molar-refractivity contribution >= 4 is 23.4 Å². The predicted octanol–water partition coefficient (Wildman–Crippen LogP) is 3.70. The van der Waals surface area contributed by atoms with Crippen LogP contribution in [-0.2, 0) is 10.5 Å². The average molecular weight is 355 g/mol. The maximum Gasteiger partial charge on any atom is 0.234 e. The van der Waals surface area contributed by atoms with Crippen LogP contribution in [0.25, 0.3) is 0 Å². The molecule has 1 amide bonds. The first kappa shape index (κ1) is 16.5. The van der Waals surface area contributed by atoms with Gasteiger partial charge in [0.25, 0.3) is 0 Å². The van der Waals surface area contributed by atoms with Gasteiger partial charge in [0.2, 0.25) is 12.7 Å². The first-order valence-corrected chi connectivity index (χ1v) is 8.09. The molecule has 1 heterocycles. The van der Waals surface area contributed by atoms with E-state index in [0.717, 1.165) is 17.7 Å². The monoisotopic (exact) mass is 355 g/mol. The molecule has 3 rings (SSSR count). The molecule has 0 aliphatic carbocycles. The van der Waals surface area contributed by atoms with E-state index in [4.69, 9.17) is 9.47 Å². The van der Waals surface area contributed by atoms with E-state index in [1.165, 1.54) is 11.8 Å². The number of rotatable bonds is 5. The predicted molar refractivity (Wildman–Crippen MR) is 83.7 cm³/mol. The molecule has 1 aliphatic heterocycles. The molecule has 0 saturated heterocycles. The van der Waals surface area contributed by atoms with Gasteiger partial charge in [0.05, 0.1) is 11.4 Å². The molecule has 1 aliphatic rings. The van der Waals surface area contributed by atoms with Gasteiger partial charge >= 0.3 is 0 Å². The topological polar surface area (TPSA) is 47.6 Å². The van der Waals surface area contributed by atoms with Crippen molar-refractivity contribution in [1.29, 1.82) is 0 Å². The Morgan fingerprint density at radius 2 is 1.88 bits per heavy atom. The summed E-state index contributed by atoms with van der Waals surface area (Å²) in [5.41, 5.74) is 0.554. The summed E-state index contributed by atoms with van der Waals surface area (Å²) in [7, 11) is 0. The van der Waals surface area contributed by atoms with Crippen molar-refractivity contribution in [3.8, 4) is 11.5 Å². The fourth-order valence-corrected chi connectivity index (χ4v) is 2.88. The molecule has 126 valence electrons. The number of carbonyl (C=O) groups is 1. The third-order valence-electron chi connectivity index (χ3n) is 3.25. The lowest BCUT2D eigenvalue weighted by atomic mass is 10.2. The summed E-state index contributed by atoms with van der Waals surface area (Å²) in [6.07, 6.45) is 0. The summed E-state index contributed by atoms with van der Waals surface area (Å²) >= 11 is 1.29. The van der Waals surface area contributed by atoms with E-state index in [1.807, 2.05) is 12.1 Å². The van der Waals surface area contributed by atoms with Gasteiger partial charge < -0.3 is 14.8 Å². The van der Waals surface area contributed by atoms with Crippen LogP contribution in [0.3, 0.4) is 0 Å². The summed E-state index contributed by atoms with van der Waals surface area (Å²) < 4.78 is 49.9. The van der Waals surface area contributed by atoms with Crippen LogP contribution in [-0.4, -0.2) is 18.5 Å². The van der Waals surface area contributed by atoms with Crippen molar-refractivity contribution in [2.24, 2.45) is 0 Å². The lowest BCUT2D eigenvalue weighted by Gasteiger charge is -2.07. The molecule has 2 aromatic rings.